The fourth-order valence-corrected chi connectivity index (χ4v) is 2.14. The second kappa shape index (κ2) is 8.24. The number of rotatable bonds is 3. The maximum absolute atomic E-state index is 11.9. The van der Waals surface area contributed by atoms with Gasteiger partial charge in [0.2, 0.25) is 0 Å². The molecule has 0 radical (unpaired) electrons. The van der Waals surface area contributed by atoms with Crippen molar-refractivity contribution in [3.63, 3.8) is 0 Å². The van der Waals surface area contributed by atoms with Crippen LogP contribution < -0.4 is 10.6 Å². The Morgan fingerprint density at radius 1 is 0.750 bits per heavy atom. The van der Waals surface area contributed by atoms with Gasteiger partial charge in [0.15, 0.2) is 0 Å². The number of carbonyl (C=O) groups is 2. The molecular weight excluding hydrogens is 360 g/mol. The third-order valence-electron chi connectivity index (χ3n) is 3.07. The first kappa shape index (κ1) is 21.1. The second-order valence-corrected chi connectivity index (χ2v) is 8.11. The highest BCUT2D eigenvalue weighted by Gasteiger charge is 2.18. The van der Waals surface area contributed by atoms with Crippen molar-refractivity contribution in [2.45, 2.75) is 52.7 Å². The summed E-state index contributed by atoms with van der Waals surface area (Å²) in [4.78, 5) is 32.4. The van der Waals surface area contributed by atoms with E-state index in [9.17, 15) is 9.59 Å². The minimum Gasteiger partial charge on any atom is -0.444 e. The van der Waals surface area contributed by atoms with Crippen molar-refractivity contribution < 1.29 is 19.1 Å². The number of nitrogens with one attached hydrogen (secondary N) is 2. The smallest absolute Gasteiger partial charge is 0.412 e. The molecule has 0 unspecified atom stereocenters. The Morgan fingerprint density at radius 2 is 1.11 bits per heavy atom. The fourth-order valence-electron chi connectivity index (χ4n) is 2.14. The van der Waals surface area contributed by atoms with Crippen LogP contribution in [0.3, 0.4) is 0 Å². The normalized spacial score (nSPS) is 11.5. The number of carbonyl (C=O) groups excluding carboxylic acids is 2. The summed E-state index contributed by atoms with van der Waals surface area (Å²) in [5.41, 5.74) is 0.910. The Bertz CT molecular complexity index is 782. The van der Waals surface area contributed by atoms with Gasteiger partial charge in [0, 0.05) is 23.8 Å². The van der Waals surface area contributed by atoms with E-state index in [4.69, 9.17) is 9.47 Å². The number of hydrogen-bond acceptors (Lipinski definition) is 6. The molecule has 0 atom stereocenters. The maximum Gasteiger partial charge on any atom is 0.412 e. The second-order valence-electron chi connectivity index (χ2n) is 8.11. The van der Waals surface area contributed by atoms with Crippen molar-refractivity contribution in [3.05, 3.63) is 36.7 Å². The fraction of sp³-hybridized carbons (Fsp3) is 0.400. The zero-order valence-corrected chi connectivity index (χ0v) is 17.0. The van der Waals surface area contributed by atoms with Crippen molar-refractivity contribution in [2.24, 2.45) is 0 Å². The summed E-state index contributed by atoms with van der Waals surface area (Å²) < 4.78 is 10.5. The van der Waals surface area contributed by atoms with E-state index in [0.717, 1.165) is 0 Å². The van der Waals surface area contributed by atoms with E-state index >= 15 is 0 Å². The number of hydrogen-bond donors (Lipinski definition) is 2. The molecule has 0 bridgehead atoms. The Morgan fingerprint density at radius 3 is 1.43 bits per heavy atom. The van der Waals surface area contributed by atoms with Gasteiger partial charge in [0.05, 0.1) is 11.4 Å². The van der Waals surface area contributed by atoms with Gasteiger partial charge in [-0.15, -0.1) is 0 Å². The molecule has 0 fully saturated rings. The van der Waals surface area contributed by atoms with Crippen molar-refractivity contribution in [2.75, 3.05) is 10.6 Å². The van der Waals surface area contributed by atoms with E-state index in [1.165, 1.54) is 0 Å². The number of aromatic nitrogens is 2. The molecule has 0 saturated heterocycles. The standard InChI is InChI=1S/C20H26N4O4/c1-19(2,3)27-17(25)23-13-7-9-21-15(11-13)16-12-14(8-10-22-16)24-18(26)28-20(4,5)6/h7-12H,1-6H3,(H,21,23,25)(H,22,24,26). The zero-order valence-electron chi connectivity index (χ0n) is 17.0. The molecule has 0 aliphatic carbocycles. The summed E-state index contributed by atoms with van der Waals surface area (Å²) in [7, 11) is 0. The number of anilines is 2. The summed E-state index contributed by atoms with van der Waals surface area (Å²) in [6.45, 7) is 10.7. The third kappa shape index (κ3) is 7.22. The molecule has 0 spiro atoms. The Hall–Kier alpha value is -3.16. The topological polar surface area (TPSA) is 102 Å². The highest BCUT2D eigenvalue weighted by atomic mass is 16.6. The van der Waals surface area contributed by atoms with Crippen molar-refractivity contribution >= 4 is 23.6 Å². The van der Waals surface area contributed by atoms with Crippen LogP contribution in [0.4, 0.5) is 21.0 Å². The lowest BCUT2D eigenvalue weighted by Crippen LogP contribution is -2.27. The molecule has 8 heteroatoms. The molecule has 0 aliphatic rings. The van der Waals surface area contributed by atoms with Gasteiger partial charge in [-0.05, 0) is 65.8 Å². The van der Waals surface area contributed by atoms with E-state index < -0.39 is 23.4 Å². The van der Waals surface area contributed by atoms with Crippen LogP contribution in [-0.4, -0.2) is 33.4 Å². The van der Waals surface area contributed by atoms with Crippen LogP contribution in [0.1, 0.15) is 41.5 Å². The van der Waals surface area contributed by atoms with Crippen molar-refractivity contribution in [3.8, 4) is 11.4 Å². The molecule has 0 aliphatic heterocycles. The van der Waals surface area contributed by atoms with E-state index in [1.54, 1.807) is 78.2 Å². The van der Waals surface area contributed by atoms with E-state index in [1.807, 2.05) is 0 Å². The SMILES string of the molecule is CC(C)(C)OC(=O)Nc1ccnc(-c2cc(NC(=O)OC(C)(C)C)ccn2)c1. The molecule has 150 valence electrons. The van der Waals surface area contributed by atoms with Crippen LogP contribution in [0.15, 0.2) is 36.7 Å². The molecule has 0 aromatic carbocycles. The predicted octanol–water partition coefficient (Wildman–Crippen LogP) is 4.84. The monoisotopic (exact) mass is 386 g/mol. The molecule has 2 amide bonds. The molecule has 0 saturated carbocycles. The largest absolute Gasteiger partial charge is 0.444 e. The average molecular weight is 386 g/mol. The van der Waals surface area contributed by atoms with E-state index in [2.05, 4.69) is 20.6 Å². The maximum atomic E-state index is 11.9. The van der Waals surface area contributed by atoms with Gasteiger partial charge in [0.1, 0.15) is 11.2 Å². The summed E-state index contributed by atoms with van der Waals surface area (Å²) in [5.74, 6) is 0. The first-order chi connectivity index (χ1) is 12.9. The molecule has 2 rings (SSSR count). The van der Waals surface area contributed by atoms with Crippen LogP contribution in [0.25, 0.3) is 11.4 Å². The number of amides is 2. The lowest BCUT2D eigenvalue weighted by molar-refractivity contribution is 0.0624. The molecule has 2 N–H and O–H groups in total. The molecule has 2 heterocycles. The molecule has 2 aromatic rings. The van der Waals surface area contributed by atoms with Crippen molar-refractivity contribution in [1.82, 2.24) is 9.97 Å². The van der Waals surface area contributed by atoms with Gasteiger partial charge in [-0.25, -0.2) is 9.59 Å². The summed E-state index contributed by atoms with van der Waals surface area (Å²) in [5, 5.41) is 5.33. The highest BCUT2D eigenvalue weighted by molar-refractivity contribution is 5.87. The third-order valence-corrected chi connectivity index (χ3v) is 3.07. The van der Waals surface area contributed by atoms with Crippen LogP contribution >= 0.6 is 0 Å². The van der Waals surface area contributed by atoms with Gasteiger partial charge in [-0.1, -0.05) is 0 Å². The number of nitrogens with zero attached hydrogens (tertiary/aromatic N) is 2. The first-order valence-corrected chi connectivity index (χ1v) is 8.84. The quantitative estimate of drug-likeness (QED) is 0.783. The van der Waals surface area contributed by atoms with E-state index in [0.29, 0.717) is 22.8 Å². The Kier molecular flexibility index (Phi) is 6.23. The van der Waals surface area contributed by atoms with Gasteiger partial charge >= 0.3 is 12.2 Å². The zero-order chi connectivity index (χ0) is 20.9. The first-order valence-electron chi connectivity index (χ1n) is 8.84. The van der Waals surface area contributed by atoms with Crippen LogP contribution in [-0.2, 0) is 9.47 Å². The van der Waals surface area contributed by atoms with Gasteiger partial charge in [-0.2, -0.15) is 0 Å². The Balaban J connectivity index is 2.13. The summed E-state index contributed by atoms with van der Waals surface area (Å²) >= 11 is 0. The predicted molar refractivity (Wildman–Crippen MR) is 107 cm³/mol. The van der Waals surface area contributed by atoms with Crippen LogP contribution in [0.2, 0.25) is 0 Å². The average Bonchev–Trinajstić information content (AvgIpc) is 2.51. The molecule has 8 nitrogen and oxygen atoms in total. The molecule has 28 heavy (non-hydrogen) atoms. The molecule has 2 aromatic heterocycles. The highest BCUT2D eigenvalue weighted by Crippen LogP contribution is 2.22. The summed E-state index contributed by atoms with van der Waals surface area (Å²) in [6.07, 6.45) is 1.99. The number of pyridine rings is 2. The summed E-state index contributed by atoms with van der Waals surface area (Å²) in [6, 6.07) is 6.64. The lowest BCUT2D eigenvalue weighted by Gasteiger charge is -2.20. The van der Waals surface area contributed by atoms with Crippen LogP contribution in [0.5, 0.6) is 0 Å². The van der Waals surface area contributed by atoms with Crippen molar-refractivity contribution in [1.29, 1.82) is 0 Å². The van der Waals surface area contributed by atoms with Gasteiger partial charge in [-0.3, -0.25) is 20.6 Å². The molecular formula is C20H26N4O4. The lowest BCUT2D eigenvalue weighted by atomic mass is 10.2. The Labute approximate surface area is 164 Å². The number of ether oxygens (including phenoxy) is 2. The van der Waals surface area contributed by atoms with Gasteiger partial charge in [0.25, 0.3) is 0 Å². The van der Waals surface area contributed by atoms with E-state index in [-0.39, 0.29) is 0 Å². The minimum atomic E-state index is -0.594. The van der Waals surface area contributed by atoms with Gasteiger partial charge < -0.3 is 9.47 Å². The minimum absolute atomic E-state index is 0.520. The van der Waals surface area contributed by atoms with Crippen LogP contribution in [0, 0.1) is 0 Å².